The van der Waals surface area contributed by atoms with Gasteiger partial charge in [0.15, 0.2) is 23.3 Å². The number of hydrogen-bond donors (Lipinski definition) is 1. The SMILES string of the molecule is CC1=C[C@]23C(=O)[C@@H](C=C4COC(C)(C)O[C@H]4[C@]2(O)[C@H]1Oc1cc(Br)ccn1)[C@H]1[C@@H](C[C@H]3C)C1(C)C. The van der Waals surface area contributed by atoms with Gasteiger partial charge in [-0.3, -0.25) is 4.79 Å². The summed E-state index contributed by atoms with van der Waals surface area (Å²) in [5, 5.41) is 13.0. The van der Waals surface area contributed by atoms with E-state index >= 15 is 0 Å². The van der Waals surface area contributed by atoms with E-state index in [0.717, 1.165) is 22.0 Å². The molecule has 0 radical (unpaired) electrons. The Morgan fingerprint density at radius 1 is 1.26 bits per heavy atom. The summed E-state index contributed by atoms with van der Waals surface area (Å²) in [6.45, 7) is 12.6. The van der Waals surface area contributed by atoms with Crippen LogP contribution >= 0.6 is 15.9 Å². The average molecular weight is 544 g/mol. The van der Waals surface area contributed by atoms with E-state index in [2.05, 4.69) is 47.8 Å². The fourth-order valence-electron chi connectivity index (χ4n) is 7.87. The van der Waals surface area contributed by atoms with Crippen molar-refractivity contribution in [3.63, 3.8) is 0 Å². The van der Waals surface area contributed by atoms with Gasteiger partial charge in [-0.2, -0.15) is 0 Å². The minimum absolute atomic E-state index is 0.0828. The molecule has 1 aliphatic heterocycles. The molecule has 3 fully saturated rings. The van der Waals surface area contributed by atoms with Gasteiger partial charge in [0, 0.05) is 22.7 Å². The number of ether oxygens (including phenoxy) is 3. The maximum Gasteiger partial charge on any atom is 0.215 e. The molecule has 8 atom stereocenters. The molecule has 1 saturated heterocycles. The maximum absolute atomic E-state index is 14.7. The van der Waals surface area contributed by atoms with Crippen LogP contribution in [0.15, 0.2) is 46.1 Å². The number of hydrogen-bond acceptors (Lipinski definition) is 6. The van der Waals surface area contributed by atoms with Crippen LogP contribution in [0.1, 0.15) is 48.0 Å². The number of rotatable bonds is 2. The molecule has 1 aromatic rings. The lowest BCUT2D eigenvalue weighted by Gasteiger charge is -2.52. The Balaban J connectivity index is 1.56. The molecule has 0 unspecified atom stereocenters. The van der Waals surface area contributed by atoms with Crippen LogP contribution in [0.2, 0.25) is 0 Å². The van der Waals surface area contributed by atoms with Crippen molar-refractivity contribution in [2.24, 2.45) is 34.5 Å². The molecule has 5 aliphatic rings. The van der Waals surface area contributed by atoms with Crippen LogP contribution in [0, 0.1) is 34.5 Å². The second-order valence-electron chi connectivity index (χ2n) is 12.3. The van der Waals surface area contributed by atoms with Crippen molar-refractivity contribution < 1.29 is 24.1 Å². The predicted molar refractivity (Wildman–Crippen MR) is 134 cm³/mol. The van der Waals surface area contributed by atoms with E-state index in [9.17, 15) is 9.90 Å². The third kappa shape index (κ3) is 3.04. The number of carbonyl (C=O) groups is 1. The summed E-state index contributed by atoms with van der Waals surface area (Å²) in [6.07, 6.45) is 5.08. The van der Waals surface area contributed by atoms with Gasteiger partial charge in [-0.25, -0.2) is 4.98 Å². The quantitative estimate of drug-likeness (QED) is 0.537. The number of halogens is 1. The maximum atomic E-state index is 14.7. The highest BCUT2D eigenvalue weighted by molar-refractivity contribution is 9.10. The number of pyridine rings is 1. The zero-order chi connectivity index (χ0) is 25.1. The van der Waals surface area contributed by atoms with E-state index in [1.165, 1.54) is 0 Å². The lowest BCUT2D eigenvalue weighted by molar-refractivity contribution is -0.301. The molecule has 1 aromatic heterocycles. The fraction of sp³-hybridized carbons (Fsp3) is 0.643. The monoisotopic (exact) mass is 543 g/mol. The van der Waals surface area contributed by atoms with Gasteiger partial charge in [0.2, 0.25) is 5.88 Å². The van der Waals surface area contributed by atoms with E-state index < -0.39 is 29.0 Å². The molecule has 2 saturated carbocycles. The van der Waals surface area contributed by atoms with Crippen LogP contribution in [0.25, 0.3) is 0 Å². The second kappa shape index (κ2) is 7.27. The number of aliphatic hydroxyl groups is 1. The molecule has 7 heteroatoms. The Morgan fingerprint density at radius 3 is 2.71 bits per heavy atom. The van der Waals surface area contributed by atoms with Crippen molar-refractivity contribution in [1.82, 2.24) is 4.98 Å². The van der Waals surface area contributed by atoms with Crippen molar-refractivity contribution in [3.05, 3.63) is 46.1 Å². The molecule has 2 heterocycles. The largest absolute Gasteiger partial charge is 0.467 e. The summed E-state index contributed by atoms with van der Waals surface area (Å²) in [4.78, 5) is 19.0. The van der Waals surface area contributed by atoms with Crippen molar-refractivity contribution >= 4 is 21.7 Å². The Labute approximate surface area is 215 Å². The van der Waals surface area contributed by atoms with E-state index in [1.807, 2.05) is 32.9 Å². The lowest BCUT2D eigenvalue weighted by atomic mass is 9.59. The first-order valence-electron chi connectivity index (χ1n) is 12.6. The third-order valence-electron chi connectivity index (χ3n) is 9.61. The van der Waals surface area contributed by atoms with Gasteiger partial charge in [-0.15, -0.1) is 0 Å². The summed E-state index contributed by atoms with van der Waals surface area (Å²) in [5.41, 5.74) is -1.01. The Kier molecular flexibility index (Phi) is 4.95. The topological polar surface area (TPSA) is 77.9 Å². The van der Waals surface area contributed by atoms with Crippen molar-refractivity contribution in [2.45, 2.75) is 71.6 Å². The molecule has 4 aliphatic carbocycles. The molecular formula is C28H34BrNO5. The van der Waals surface area contributed by atoms with Crippen molar-refractivity contribution in [3.8, 4) is 5.88 Å². The molecule has 0 aromatic carbocycles. The van der Waals surface area contributed by atoms with Gasteiger partial charge in [0.05, 0.1) is 12.0 Å². The van der Waals surface area contributed by atoms with Gasteiger partial charge in [0.1, 0.15) is 6.10 Å². The minimum atomic E-state index is -1.64. The number of fused-ring (bicyclic) bond motifs is 5. The van der Waals surface area contributed by atoms with Gasteiger partial charge in [0.25, 0.3) is 0 Å². The average Bonchev–Trinajstić information content (AvgIpc) is 3.26. The first-order chi connectivity index (χ1) is 16.3. The highest BCUT2D eigenvalue weighted by atomic mass is 79.9. The summed E-state index contributed by atoms with van der Waals surface area (Å²) in [7, 11) is 0. The molecule has 1 spiro atoms. The zero-order valence-electron chi connectivity index (χ0n) is 21.2. The standard InChI is InChI=1S/C28H34BrNO5/c1-14-12-27-15(2)9-19-21(25(19,3)4)18(22(27)31)10-16-13-33-26(5,6)35-24(16)28(27,32)23(14)34-20-11-17(29)7-8-30-20/h7-8,10-12,15,18-19,21,23-24,32H,9,13H2,1-6H3/t15-,18+,19-,21+,23+,24-,27+,28-/m1/s1. The van der Waals surface area contributed by atoms with Gasteiger partial charge in [-0.05, 0) is 67.6 Å². The first-order valence-corrected chi connectivity index (χ1v) is 13.4. The van der Waals surface area contributed by atoms with Gasteiger partial charge in [-0.1, -0.05) is 48.9 Å². The molecule has 35 heavy (non-hydrogen) atoms. The molecule has 6 nitrogen and oxygen atoms in total. The van der Waals surface area contributed by atoms with Crippen LogP contribution in [-0.2, 0) is 14.3 Å². The Hall–Kier alpha value is -1.54. The van der Waals surface area contributed by atoms with Gasteiger partial charge >= 0.3 is 0 Å². The Bertz CT molecular complexity index is 1170. The number of allylic oxidation sites excluding steroid dienone is 1. The number of Topliss-reactive ketones (excluding diaryl/α,β-unsaturated/α-hetero) is 1. The van der Waals surface area contributed by atoms with Crippen LogP contribution in [0.4, 0.5) is 0 Å². The highest BCUT2D eigenvalue weighted by Crippen LogP contribution is 2.72. The first kappa shape index (κ1) is 23.8. The molecule has 188 valence electrons. The fourth-order valence-corrected chi connectivity index (χ4v) is 8.18. The Morgan fingerprint density at radius 2 is 2.00 bits per heavy atom. The van der Waals surface area contributed by atoms with Crippen LogP contribution in [0.3, 0.4) is 0 Å². The minimum Gasteiger partial charge on any atom is -0.467 e. The summed E-state index contributed by atoms with van der Waals surface area (Å²) in [6, 6.07) is 3.61. The zero-order valence-corrected chi connectivity index (χ0v) is 22.8. The smallest absolute Gasteiger partial charge is 0.215 e. The molecule has 6 rings (SSSR count). The van der Waals surface area contributed by atoms with E-state index in [0.29, 0.717) is 18.4 Å². The van der Waals surface area contributed by atoms with E-state index in [-0.39, 0.29) is 29.0 Å². The summed E-state index contributed by atoms with van der Waals surface area (Å²) >= 11 is 3.48. The van der Waals surface area contributed by atoms with Crippen molar-refractivity contribution in [1.29, 1.82) is 0 Å². The normalized spacial score (nSPS) is 44.6. The number of ketones is 1. The van der Waals surface area contributed by atoms with Crippen LogP contribution in [0.5, 0.6) is 5.88 Å². The lowest BCUT2D eigenvalue weighted by Crippen LogP contribution is -2.68. The van der Waals surface area contributed by atoms with Crippen LogP contribution in [-0.4, -0.2) is 46.1 Å². The summed E-state index contributed by atoms with van der Waals surface area (Å²) in [5.74, 6) is -0.115. The number of aromatic nitrogens is 1. The molecular weight excluding hydrogens is 510 g/mol. The van der Waals surface area contributed by atoms with E-state index in [1.54, 1.807) is 12.3 Å². The van der Waals surface area contributed by atoms with Crippen LogP contribution < -0.4 is 4.74 Å². The highest BCUT2D eigenvalue weighted by Gasteiger charge is 2.77. The third-order valence-corrected chi connectivity index (χ3v) is 10.1. The van der Waals surface area contributed by atoms with Crippen molar-refractivity contribution in [2.75, 3.05) is 6.61 Å². The molecule has 2 bridgehead atoms. The molecule has 1 N–H and O–H groups in total. The summed E-state index contributed by atoms with van der Waals surface area (Å²) < 4.78 is 19.8. The molecule has 0 amide bonds. The van der Waals surface area contributed by atoms with Gasteiger partial charge < -0.3 is 19.3 Å². The van der Waals surface area contributed by atoms with E-state index in [4.69, 9.17) is 14.2 Å². The number of nitrogens with zero attached hydrogens (tertiary/aromatic N) is 1. The second-order valence-corrected chi connectivity index (χ2v) is 13.2. The predicted octanol–water partition coefficient (Wildman–Crippen LogP) is 4.86. The number of carbonyl (C=O) groups excluding carboxylic acids is 1.